The van der Waals surface area contributed by atoms with Crippen LogP contribution in [0.3, 0.4) is 0 Å². The highest BCUT2D eigenvalue weighted by Gasteiger charge is 2.21. The molecule has 0 aromatic heterocycles. The molecule has 1 unspecified atom stereocenters. The number of rotatable bonds is 5. The Balaban J connectivity index is 2.04. The number of ether oxygens (including phenoxy) is 1. The molecule has 0 saturated carbocycles. The highest BCUT2D eigenvalue weighted by molar-refractivity contribution is 5.95. The summed E-state index contributed by atoms with van der Waals surface area (Å²) in [5, 5.41) is 8.93. The largest absolute Gasteiger partial charge is 0.496 e. The second-order valence-electron chi connectivity index (χ2n) is 6.25. The first-order chi connectivity index (χ1) is 11.5. The molecule has 1 aromatic rings. The van der Waals surface area contributed by atoms with Crippen LogP contribution in [0.2, 0.25) is 0 Å². The lowest BCUT2D eigenvalue weighted by molar-refractivity contribution is -0.138. The lowest BCUT2D eigenvalue weighted by Gasteiger charge is -2.19. The average Bonchev–Trinajstić information content (AvgIpc) is 2.79. The summed E-state index contributed by atoms with van der Waals surface area (Å²) in [4.78, 5) is 25.2. The van der Waals surface area contributed by atoms with Crippen LogP contribution < -0.4 is 4.74 Å². The first-order valence-corrected chi connectivity index (χ1v) is 8.33. The van der Waals surface area contributed by atoms with Crippen molar-refractivity contribution in [3.63, 3.8) is 0 Å². The van der Waals surface area contributed by atoms with Crippen LogP contribution in [0, 0.1) is 5.92 Å². The number of amides is 1. The Bertz CT molecular complexity index is 624. The maximum Gasteiger partial charge on any atom is 0.303 e. The lowest BCUT2D eigenvalue weighted by atomic mass is 9.97. The number of carboxylic acid groups (broad SMARTS) is 1. The predicted octanol–water partition coefficient (Wildman–Crippen LogP) is 3.20. The van der Waals surface area contributed by atoms with Gasteiger partial charge < -0.3 is 14.7 Å². The molecule has 1 heterocycles. The summed E-state index contributed by atoms with van der Waals surface area (Å²) in [5.41, 5.74) is 1.77. The number of carbonyl (C=O) groups excluding carboxylic acids is 1. The molecule has 1 aliphatic rings. The van der Waals surface area contributed by atoms with Crippen LogP contribution in [0.1, 0.15) is 38.2 Å². The number of nitrogens with zero attached hydrogens (tertiary/aromatic N) is 1. The van der Waals surface area contributed by atoms with Gasteiger partial charge in [-0.05, 0) is 43.7 Å². The Kier molecular flexibility index (Phi) is 6.41. The predicted molar refractivity (Wildman–Crippen MR) is 92.8 cm³/mol. The monoisotopic (exact) mass is 331 g/mol. The normalized spacial score (nSPS) is 18.8. The van der Waals surface area contributed by atoms with Gasteiger partial charge in [0, 0.05) is 31.1 Å². The Morgan fingerprint density at radius 3 is 2.75 bits per heavy atom. The van der Waals surface area contributed by atoms with E-state index < -0.39 is 5.97 Å². The van der Waals surface area contributed by atoms with E-state index in [9.17, 15) is 9.59 Å². The Hall–Kier alpha value is -2.30. The molecule has 24 heavy (non-hydrogen) atoms. The van der Waals surface area contributed by atoms with Crippen molar-refractivity contribution in [2.75, 3.05) is 20.2 Å². The fraction of sp³-hybridized carbons (Fsp3) is 0.474. The van der Waals surface area contributed by atoms with E-state index in [4.69, 9.17) is 9.84 Å². The minimum atomic E-state index is -0.758. The minimum Gasteiger partial charge on any atom is -0.496 e. The average molecular weight is 331 g/mol. The molecule has 1 N–H and O–H groups in total. The second kappa shape index (κ2) is 8.52. The number of aliphatic carboxylic acids is 1. The minimum absolute atomic E-state index is 0.0191. The van der Waals surface area contributed by atoms with E-state index in [0.717, 1.165) is 36.1 Å². The molecule has 1 aromatic carbocycles. The molecule has 1 atom stereocenters. The second-order valence-corrected chi connectivity index (χ2v) is 6.25. The summed E-state index contributed by atoms with van der Waals surface area (Å²) < 4.78 is 5.34. The molecule has 130 valence electrons. The van der Waals surface area contributed by atoms with Crippen molar-refractivity contribution in [3.8, 4) is 5.75 Å². The number of allylic oxidation sites excluding steroid dienone is 1. The summed E-state index contributed by atoms with van der Waals surface area (Å²) in [5.74, 6) is 0.136. The third-order valence-corrected chi connectivity index (χ3v) is 4.49. The third-order valence-electron chi connectivity index (χ3n) is 4.49. The fourth-order valence-electron chi connectivity index (χ4n) is 3.16. The van der Waals surface area contributed by atoms with Gasteiger partial charge in [-0.3, -0.25) is 9.59 Å². The first kappa shape index (κ1) is 18.0. The fourth-order valence-corrected chi connectivity index (χ4v) is 3.16. The molecule has 1 aliphatic heterocycles. The summed E-state index contributed by atoms with van der Waals surface area (Å²) in [7, 11) is 1.62. The van der Waals surface area contributed by atoms with Crippen molar-refractivity contribution in [2.24, 2.45) is 5.92 Å². The molecular weight excluding hydrogens is 306 g/mol. The zero-order valence-corrected chi connectivity index (χ0v) is 14.3. The molecule has 1 saturated heterocycles. The smallest absolute Gasteiger partial charge is 0.303 e. The molecule has 5 nitrogen and oxygen atoms in total. The van der Waals surface area contributed by atoms with E-state index in [2.05, 4.69) is 0 Å². The molecule has 0 spiro atoms. The van der Waals surface area contributed by atoms with Gasteiger partial charge >= 0.3 is 5.97 Å². The standard InChI is InChI=1S/C19H25NO4/c1-14(16-7-3-4-8-17(16)24-2)12-18(21)20-10-5-6-15(9-11-20)13-19(22)23/h3-4,7-8,12,15H,5-6,9-11,13H2,1-2H3,(H,22,23). The van der Waals surface area contributed by atoms with Crippen molar-refractivity contribution in [2.45, 2.75) is 32.6 Å². The van der Waals surface area contributed by atoms with Gasteiger partial charge in [0.15, 0.2) is 0 Å². The molecular formula is C19H25NO4. The van der Waals surface area contributed by atoms with E-state index >= 15 is 0 Å². The summed E-state index contributed by atoms with van der Waals surface area (Å²) in [6.07, 6.45) is 4.31. The summed E-state index contributed by atoms with van der Waals surface area (Å²) in [6.45, 7) is 3.21. The van der Waals surface area contributed by atoms with Gasteiger partial charge in [-0.2, -0.15) is 0 Å². The maximum atomic E-state index is 12.6. The zero-order chi connectivity index (χ0) is 17.5. The number of para-hydroxylation sites is 1. The topological polar surface area (TPSA) is 66.8 Å². The summed E-state index contributed by atoms with van der Waals surface area (Å²) >= 11 is 0. The molecule has 1 amide bonds. The van der Waals surface area contributed by atoms with E-state index in [1.807, 2.05) is 36.1 Å². The van der Waals surface area contributed by atoms with Crippen molar-refractivity contribution in [1.29, 1.82) is 0 Å². The number of hydrogen-bond donors (Lipinski definition) is 1. The van der Waals surface area contributed by atoms with Gasteiger partial charge in [0.2, 0.25) is 5.91 Å². The van der Waals surface area contributed by atoms with Gasteiger partial charge in [-0.15, -0.1) is 0 Å². The van der Waals surface area contributed by atoms with Crippen molar-refractivity contribution in [3.05, 3.63) is 35.9 Å². The van der Waals surface area contributed by atoms with Crippen molar-refractivity contribution in [1.82, 2.24) is 4.90 Å². The number of benzene rings is 1. The molecule has 0 aliphatic carbocycles. The molecule has 0 bridgehead atoms. The van der Waals surface area contributed by atoms with E-state index in [-0.39, 0.29) is 18.2 Å². The molecule has 1 fully saturated rings. The van der Waals surface area contributed by atoms with Crippen LogP contribution in [0.15, 0.2) is 30.3 Å². The van der Waals surface area contributed by atoms with E-state index in [1.54, 1.807) is 13.2 Å². The Labute approximate surface area is 142 Å². The van der Waals surface area contributed by atoms with Gasteiger partial charge in [0.1, 0.15) is 5.75 Å². The number of carboxylic acids is 1. The van der Waals surface area contributed by atoms with Crippen LogP contribution in [-0.2, 0) is 9.59 Å². The lowest BCUT2D eigenvalue weighted by Crippen LogP contribution is -2.30. The quantitative estimate of drug-likeness (QED) is 0.841. The van der Waals surface area contributed by atoms with Crippen molar-refractivity contribution >= 4 is 17.4 Å². The highest BCUT2D eigenvalue weighted by Crippen LogP contribution is 2.26. The van der Waals surface area contributed by atoms with Gasteiger partial charge in [-0.1, -0.05) is 18.2 Å². The molecule has 2 rings (SSSR count). The van der Waals surface area contributed by atoms with Gasteiger partial charge in [0.25, 0.3) is 0 Å². The third kappa shape index (κ3) is 4.85. The number of methoxy groups -OCH3 is 1. The van der Waals surface area contributed by atoms with Crippen LogP contribution in [-0.4, -0.2) is 42.1 Å². The van der Waals surface area contributed by atoms with Crippen LogP contribution in [0.5, 0.6) is 5.75 Å². The number of likely N-dealkylation sites (tertiary alicyclic amines) is 1. The molecule has 0 radical (unpaired) electrons. The zero-order valence-electron chi connectivity index (χ0n) is 14.3. The SMILES string of the molecule is COc1ccccc1C(C)=CC(=O)N1CCCC(CC(=O)O)CC1. The van der Waals surface area contributed by atoms with Gasteiger partial charge in [0.05, 0.1) is 7.11 Å². The van der Waals surface area contributed by atoms with Crippen LogP contribution >= 0.6 is 0 Å². The Morgan fingerprint density at radius 2 is 2.04 bits per heavy atom. The van der Waals surface area contributed by atoms with E-state index in [0.29, 0.717) is 13.1 Å². The van der Waals surface area contributed by atoms with Crippen LogP contribution in [0.4, 0.5) is 0 Å². The Morgan fingerprint density at radius 1 is 1.29 bits per heavy atom. The van der Waals surface area contributed by atoms with Crippen molar-refractivity contribution < 1.29 is 19.4 Å². The van der Waals surface area contributed by atoms with E-state index in [1.165, 1.54) is 0 Å². The van der Waals surface area contributed by atoms with Gasteiger partial charge in [-0.25, -0.2) is 0 Å². The maximum absolute atomic E-state index is 12.6. The number of hydrogen-bond acceptors (Lipinski definition) is 3. The first-order valence-electron chi connectivity index (χ1n) is 8.33. The summed E-state index contributed by atoms with van der Waals surface area (Å²) in [6, 6.07) is 7.62. The van der Waals surface area contributed by atoms with Crippen LogP contribution in [0.25, 0.3) is 5.57 Å². The highest BCUT2D eigenvalue weighted by atomic mass is 16.5. The molecule has 5 heteroatoms. The number of carbonyl (C=O) groups is 2.